The Balaban J connectivity index is 0.000000173. The number of nitrogens with one attached hydrogen (secondary N) is 1. The second kappa shape index (κ2) is 37.7. The zero-order valence-corrected chi connectivity index (χ0v) is 79.3. The number of carbonyl (C=O) groups is 5. The fourth-order valence-electron chi connectivity index (χ4n) is 18.2. The smallest absolute Gasteiger partial charge is 0.340 e. The van der Waals surface area contributed by atoms with E-state index in [0.717, 1.165) is 203 Å². The van der Waals surface area contributed by atoms with Crippen LogP contribution in [0.4, 0.5) is 25.8 Å². The highest BCUT2D eigenvalue weighted by molar-refractivity contribution is 5.96. The summed E-state index contributed by atoms with van der Waals surface area (Å²) >= 11 is 0. The second-order valence-electron chi connectivity index (χ2n) is 41.2. The van der Waals surface area contributed by atoms with E-state index in [4.69, 9.17) is 38.6 Å². The van der Waals surface area contributed by atoms with Crippen LogP contribution in [0.15, 0.2) is 103 Å². The van der Waals surface area contributed by atoms with Crippen LogP contribution < -0.4 is 20.0 Å². The fraction of sp³-hybridized carbons (Fsp3) is 0.519. The summed E-state index contributed by atoms with van der Waals surface area (Å²) in [5, 5.41) is 13.9. The SMILES string of the molecule is Cc1nc(C)c([C@H](OC(C)(C)C)C(=O)O)c(N2CCC(C)(C)CC2)c1-c1ccc2c(c1)CN(C(=O)c1ccc(F)cc1)C2.Cc1nc(C)c([C@H](OC(C)(C)C)C(=O)OC(C)C)c(N2CCC(C)(C)CC2)c1-c1ccc2c(c1)CN(C(=O)c1ccc(F)cc1)C2.Cc1nc(C)c([C@H](OC(C)(C)C)C(=O)OC(C)C)c(N2CCC(C)(C)CC2)c1-c1ccc2c(c1)CNC2. The van der Waals surface area contributed by atoms with Gasteiger partial charge in [-0.05, 0) is 303 Å². The normalized spacial score (nSPS) is 17.3. The van der Waals surface area contributed by atoms with E-state index >= 15 is 0 Å². The van der Waals surface area contributed by atoms with Crippen LogP contribution in [-0.4, -0.2) is 128 Å². The molecule has 2 amide bonds. The number of amides is 2. The number of aryl methyl sites for hydroxylation is 6. The van der Waals surface area contributed by atoms with E-state index in [0.29, 0.717) is 54.0 Å². The average Bonchev–Trinajstić information content (AvgIpc) is 0.830. The maximum absolute atomic E-state index is 13.8. The number of aromatic nitrogens is 3. The summed E-state index contributed by atoms with van der Waals surface area (Å²) in [5.41, 5.74) is 22.6. The number of anilines is 3. The summed E-state index contributed by atoms with van der Waals surface area (Å²) < 4.78 is 57.7. The van der Waals surface area contributed by atoms with E-state index < -0.39 is 47.1 Å². The third-order valence-corrected chi connectivity index (χ3v) is 24.9. The Labute approximate surface area is 746 Å². The van der Waals surface area contributed by atoms with Gasteiger partial charge in [0.25, 0.3) is 11.8 Å². The van der Waals surface area contributed by atoms with E-state index in [1.165, 1.54) is 59.7 Å². The molecule has 14 rings (SSSR count). The molecule has 6 aliphatic heterocycles. The number of halogens is 2. The van der Waals surface area contributed by atoms with E-state index in [-0.39, 0.29) is 52.5 Å². The summed E-state index contributed by atoms with van der Waals surface area (Å²) in [7, 11) is 0. The van der Waals surface area contributed by atoms with E-state index in [9.17, 15) is 37.9 Å². The molecule has 3 aromatic heterocycles. The first-order chi connectivity index (χ1) is 58.9. The van der Waals surface area contributed by atoms with Crippen LogP contribution in [-0.2, 0) is 77.3 Å². The van der Waals surface area contributed by atoms with Crippen LogP contribution >= 0.6 is 0 Å². The number of carbonyl (C=O) groups excluding carboxylic acids is 4. The second-order valence-corrected chi connectivity index (χ2v) is 41.2. The molecule has 5 aromatic carbocycles. The van der Waals surface area contributed by atoms with Crippen LogP contribution in [0.1, 0.15) is 293 Å². The molecule has 0 unspecified atom stereocenters. The maximum Gasteiger partial charge on any atom is 0.340 e. The van der Waals surface area contributed by atoms with Crippen molar-refractivity contribution in [1.82, 2.24) is 30.1 Å². The molecule has 2 N–H and O–H groups in total. The zero-order valence-electron chi connectivity index (χ0n) is 79.3. The standard InChI is InChI=1S/C38H48FN3O4.C35H42FN3O4.C31H45N3O3/c1-23(2)45-36(44)34(46-37(5,6)7)32-25(4)40-24(3)31(33(32)41-18-16-38(8,9)17-19-41)27-10-11-28-21-42(22-29(28)20-27)35(43)26-12-14-30(39)15-13-26;1-21-28(24-8-9-25-19-39(20-26(25)18-24)32(40)23-10-12-27(36)13-11-23)30(38-16-14-35(6,7)15-17-38)29(22(2)37-21)31(33(41)42)43-34(3,4)5;1-19(2)36-29(35)28(37-30(5,6)7)26-21(4)33-20(3)25(22-10-11-23-17-32-18-24(23)16-22)27(26)34-14-12-31(8,9)13-15-34/h10-15,20,23,34H,16-19,21-22H2,1-9H3;8-13,18,31H,14-17,19-20H2,1-7H3,(H,41,42);10-11,16,19,28,32H,12-15,17-18H2,1-9H3/t34-;31-;28-/m000/s1. The summed E-state index contributed by atoms with van der Waals surface area (Å²) in [6, 6.07) is 30.6. The molecule has 0 aliphatic carbocycles. The lowest BCUT2D eigenvalue weighted by Gasteiger charge is -2.41. The number of fused-ring (bicyclic) bond motifs is 3. The third-order valence-electron chi connectivity index (χ3n) is 24.9. The predicted molar refractivity (Wildman–Crippen MR) is 494 cm³/mol. The molecule has 6 aliphatic rings. The molecule has 0 saturated carbocycles. The van der Waals surface area contributed by atoms with Crippen molar-refractivity contribution in [3.8, 4) is 33.4 Å². The van der Waals surface area contributed by atoms with Crippen molar-refractivity contribution in [2.75, 3.05) is 54.0 Å². The topological polar surface area (TPSA) is 219 Å². The number of hydrogen-bond donors (Lipinski definition) is 2. The number of hydrogen-bond acceptors (Lipinski definition) is 17. The number of carboxylic acids is 1. The minimum absolute atomic E-state index is 0.129. The molecule has 3 atom stereocenters. The van der Waals surface area contributed by atoms with Crippen molar-refractivity contribution >= 4 is 46.8 Å². The largest absolute Gasteiger partial charge is 0.479 e. The lowest BCUT2D eigenvalue weighted by atomic mass is 9.81. The van der Waals surface area contributed by atoms with E-state index in [1.54, 1.807) is 9.80 Å². The van der Waals surface area contributed by atoms with Crippen LogP contribution in [0.2, 0.25) is 0 Å². The molecule has 9 heterocycles. The Morgan fingerprint density at radius 3 is 0.968 bits per heavy atom. The van der Waals surface area contributed by atoms with E-state index in [2.05, 4.69) is 111 Å². The fourth-order valence-corrected chi connectivity index (χ4v) is 18.2. The van der Waals surface area contributed by atoms with Gasteiger partial charge >= 0.3 is 17.9 Å². The van der Waals surface area contributed by atoms with Gasteiger partial charge in [-0.3, -0.25) is 24.5 Å². The average molecular weight is 1730 g/mol. The van der Waals surface area contributed by atoms with Gasteiger partial charge in [0.1, 0.15) is 11.6 Å². The van der Waals surface area contributed by atoms with Crippen LogP contribution in [0.3, 0.4) is 0 Å². The Hall–Kier alpha value is -10.0. The van der Waals surface area contributed by atoms with Gasteiger partial charge in [-0.1, -0.05) is 77.9 Å². The molecule has 0 radical (unpaired) electrons. The number of pyridine rings is 3. The number of nitrogens with zero attached hydrogens (tertiary/aromatic N) is 8. The maximum atomic E-state index is 13.8. The molecule has 8 aromatic rings. The molecule has 0 spiro atoms. The number of carboxylic acid groups (broad SMARTS) is 1. The molecule has 3 fully saturated rings. The van der Waals surface area contributed by atoms with Gasteiger partial charge in [0, 0.05) is 157 Å². The highest BCUT2D eigenvalue weighted by Gasteiger charge is 2.43. The van der Waals surface area contributed by atoms with Crippen LogP contribution in [0, 0.1) is 69.4 Å². The van der Waals surface area contributed by atoms with Crippen molar-refractivity contribution in [2.24, 2.45) is 16.2 Å². The van der Waals surface area contributed by atoms with Crippen LogP contribution in [0.25, 0.3) is 33.4 Å². The van der Waals surface area contributed by atoms with Gasteiger partial charge in [0.15, 0.2) is 18.3 Å². The highest BCUT2D eigenvalue weighted by Crippen LogP contribution is 2.51. The molecule has 0 bridgehead atoms. The number of ether oxygens (including phenoxy) is 5. The van der Waals surface area contributed by atoms with Crippen molar-refractivity contribution in [3.63, 3.8) is 0 Å². The molecule has 126 heavy (non-hydrogen) atoms. The lowest BCUT2D eigenvalue weighted by molar-refractivity contribution is -0.171. The minimum Gasteiger partial charge on any atom is -0.479 e. The highest BCUT2D eigenvalue weighted by atomic mass is 19.1. The summed E-state index contributed by atoms with van der Waals surface area (Å²) in [6.45, 7) is 59.3. The monoisotopic (exact) mass is 1720 g/mol. The predicted octanol–water partition coefficient (Wildman–Crippen LogP) is 21.7. The zero-order chi connectivity index (χ0) is 91.9. The number of esters is 2. The molecule has 20 nitrogen and oxygen atoms in total. The molecule has 676 valence electrons. The van der Waals surface area contributed by atoms with Gasteiger partial charge in [-0.2, -0.15) is 0 Å². The molecule has 3 saturated heterocycles. The van der Waals surface area contributed by atoms with Crippen molar-refractivity contribution < 1.29 is 61.5 Å². The van der Waals surface area contributed by atoms with Gasteiger partial charge in [0.05, 0.1) is 46.1 Å². The first kappa shape index (κ1) is 95.1. The summed E-state index contributed by atoms with van der Waals surface area (Å²) in [6.07, 6.45) is 2.61. The first-order valence-corrected chi connectivity index (χ1v) is 45.0. The molecule has 22 heteroatoms. The van der Waals surface area contributed by atoms with E-state index in [1.807, 2.05) is 137 Å². The Bertz CT molecular complexity index is 5360. The Morgan fingerprint density at radius 2 is 0.667 bits per heavy atom. The molecular weight excluding hydrogens is 1590 g/mol. The van der Waals surface area contributed by atoms with Gasteiger partial charge in [0.2, 0.25) is 0 Å². The van der Waals surface area contributed by atoms with Gasteiger partial charge in [-0.15, -0.1) is 0 Å². The first-order valence-electron chi connectivity index (χ1n) is 45.0. The Morgan fingerprint density at radius 1 is 0.389 bits per heavy atom. The summed E-state index contributed by atoms with van der Waals surface area (Å²) in [5.74, 6) is -2.85. The number of piperidine rings is 3. The van der Waals surface area contributed by atoms with Gasteiger partial charge < -0.3 is 58.6 Å². The third kappa shape index (κ3) is 22.6. The molecular formula is C104H135F2N9O11. The minimum atomic E-state index is -1.19. The van der Waals surface area contributed by atoms with Crippen molar-refractivity contribution in [1.29, 1.82) is 0 Å². The lowest BCUT2D eigenvalue weighted by Crippen LogP contribution is -2.39. The van der Waals surface area contributed by atoms with Crippen LogP contribution in [0.5, 0.6) is 0 Å². The van der Waals surface area contributed by atoms with Crippen molar-refractivity contribution in [2.45, 2.75) is 298 Å². The Kier molecular flexibility index (Phi) is 28.5. The number of aliphatic carboxylic acids is 1. The van der Waals surface area contributed by atoms with Crippen molar-refractivity contribution in [3.05, 3.63) is 210 Å². The van der Waals surface area contributed by atoms with Gasteiger partial charge in [-0.25, -0.2) is 23.2 Å². The number of benzene rings is 5. The number of rotatable bonds is 19. The summed E-state index contributed by atoms with van der Waals surface area (Å²) in [4.78, 5) is 92.3. The quantitative estimate of drug-likeness (QED) is 0.0719.